The summed E-state index contributed by atoms with van der Waals surface area (Å²) in [6, 6.07) is 17.0. The van der Waals surface area contributed by atoms with Crippen LogP contribution >= 0.6 is 0 Å². The van der Waals surface area contributed by atoms with Crippen LogP contribution in [0.3, 0.4) is 0 Å². The van der Waals surface area contributed by atoms with Crippen LogP contribution in [0.1, 0.15) is 12.5 Å². The first-order valence-electron chi connectivity index (χ1n) is 8.54. The maximum Gasteiger partial charge on any atom is 0.285 e. The number of benzene rings is 2. The molecule has 4 aromatic rings. The van der Waals surface area contributed by atoms with E-state index in [1.54, 1.807) is 10.9 Å². The molecule has 0 atom stereocenters. The van der Waals surface area contributed by atoms with Gasteiger partial charge in [0.2, 0.25) is 0 Å². The fraction of sp³-hybridized carbons (Fsp3) is 0.100. The number of hydrogen-bond donors (Lipinski definition) is 0. The van der Waals surface area contributed by atoms with Gasteiger partial charge in [-0.15, -0.1) is 0 Å². The lowest BCUT2D eigenvalue weighted by atomic mass is 10.2. The predicted molar refractivity (Wildman–Crippen MR) is 104 cm³/mol. The standard InChI is InChI=1S/C20H17N5O2/c1-2-27-17-10-8-15(9-11-17)12-22-24-14-21-19-18(20(24)26)13-23-25(19)16-6-4-3-5-7-16/h3-14H,2H2,1H3/b22-12-. The minimum Gasteiger partial charge on any atom is -0.494 e. The molecule has 134 valence electrons. The summed E-state index contributed by atoms with van der Waals surface area (Å²) < 4.78 is 8.25. The molecule has 0 unspecified atom stereocenters. The molecule has 27 heavy (non-hydrogen) atoms. The van der Waals surface area contributed by atoms with Gasteiger partial charge >= 0.3 is 0 Å². The molecule has 0 aliphatic carbocycles. The SMILES string of the molecule is CCOc1ccc(/C=N\n2cnc3c(cnn3-c3ccccc3)c2=O)cc1. The number of nitrogens with zero attached hydrogens (tertiary/aromatic N) is 5. The first-order chi connectivity index (χ1) is 13.3. The summed E-state index contributed by atoms with van der Waals surface area (Å²) >= 11 is 0. The van der Waals surface area contributed by atoms with Crippen molar-refractivity contribution in [1.82, 2.24) is 19.4 Å². The molecule has 0 N–H and O–H groups in total. The first-order valence-corrected chi connectivity index (χ1v) is 8.54. The summed E-state index contributed by atoms with van der Waals surface area (Å²) in [5.74, 6) is 0.795. The van der Waals surface area contributed by atoms with E-state index >= 15 is 0 Å². The van der Waals surface area contributed by atoms with E-state index in [0.29, 0.717) is 17.6 Å². The number of para-hydroxylation sites is 1. The Hall–Kier alpha value is -3.74. The first kappa shape index (κ1) is 16.7. The maximum atomic E-state index is 12.7. The average Bonchev–Trinajstić information content (AvgIpc) is 3.14. The van der Waals surface area contributed by atoms with Crippen molar-refractivity contribution in [2.45, 2.75) is 6.92 Å². The van der Waals surface area contributed by atoms with E-state index in [4.69, 9.17) is 4.74 Å². The molecule has 0 spiro atoms. The Kier molecular flexibility index (Phi) is 4.49. The van der Waals surface area contributed by atoms with Crippen LogP contribution in [-0.4, -0.2) is 32.3 Å². The van der Waals surface area contributed by atoms with Gasteiger partial charge in [0.15, 0.2) is 5.65 Å². The lowest BCUT2D eigenvalue weighted by Gasteiger charge is -2.03. The Morgan fingerprint density at radius 2 is 1.89 bits per heavy atom. The van der Waals surface area contributed by atoms with E-state index in [9.17, 15) is 4.79 Å². The largest absolute Gasteiger partial charge is 0.494 e. The van der Waals surface area contributed by atoms with Gasteiger partial charge < -0.3 is 4.74 Å². The molecule has 0 radical (unpaired) electrons. The zero-order valence-electron chi connectivity index (χ0n) is 14.7. The second-order valence-electron chi connectivity index (χ2n) is 5.77. The van der Waals surface area contributed by atoms with Crippen molar-refractivity contribution in [2.75, 3.05) is 6.61 Å². The van der Waals surface area contributed by atoms with Crippen LogP contribution < -0.4 is 10.3 Å². The Balaban J connectivity index is 1.65. The lowest BCUT2D eigenvalue weighted by Crippen LogP contribution is -2.17. The van der Waals surface area contributed by atoms with Crippen LogP contribution in [0.2, 0.25) is 0 Å². The van der Waals surface area contributed by atoms with Gasteiger partial charge in [-0.3, -0.25) is 4.79 Å². The van der Waals surface area contributed by atoms with E-state index in [0.717, 1.165) is 17.0 Å². The number of rotatable bonds is 5. The highest BCUT2D eigenvalue weighted by Crippen LogP contribution is 2.13. The van der Waals surface area contributed by atoms with Crippen molar-refractivity contribution < 1.29 is 4.74 Å². The van der Waals surface area contributed by atoms with Crippen LogP contribution in [0.5, 0.6) is 5.75 Å². The van der Waals surface area contributed by atoms with E-state index in [-0.39, 0.29) is 5.56 Å². The third kappa shape index (κ3) is 3.35. The average molecular weight is 359 g/mol. The lowest BCUT2D eigenvalue weighted by molar-refractivity contribution is 0.340. The molecule has 7 nitrogen and oxygen atoms in total. The van der Waals surface area contributed by atoms with Gasteiger partial charge in [-0.1, -0.05) is 18.2 Å². The Morgan fingerprint density at radius 1 is 1.11 bits per heavy atom. The molecule has 0 amide bonds. The fourth-order valence-corrected chi connectivity index (χ4v) is 2.69. The van der Waals surface area contributed by atoms with Crippen molar-refractivity contribution in [3.63, 3.8) is 0 Å². The predicted octanol–water partition coefficient (Wildman–Crippen LogP) is 2.86. The zero-order valence-corrected chi connectivity index (χ0v) is 14.7. The molecule has 2 aromatic carbocycles. The van der Waals surface area contributed by atoms with Gasteiger partial charge in [-0.25, -0.2) is 9.67 Å². The van der Waals surface area contributed by atoms with Crippen molar-refractivity contribution in [3.8, 4) is 11.4 Å². The Labute approximate surface area is 155 Å². The number of hydrogen-bond acceptors (Lipinski definition) is 5. The zero-order chi connectivity index (χ0) is 18.6. The monoisotopic (exact) mass is 359 g/mol. The molecular formula is C20H17N5O2. The minimum absolute atomic E-state index is 0.274. The minimum atomic E-state index is -0.274. The van der Waals surface area contributed by atoms with Crippen molar-refractivity contribution in [3.05, 3.63) is 83.0 Å². The van der Waals surface area contributed by atoms with Crippen LogP contribution in [0.15, 0.2) is 77.0 Å². The van der Waals surface area contributed by atoms with Crippen LogP contribution in [0.25, 0.3) is 16.7 Å². The molecule has 0 saturated carbocycles. The second kappa shape index (κ2) is 7.25. The van der Waals surface area contributed by atoms with Crippen molar-refractivity contribution in [1.29, 1.82) is 0 Å². The van der Waals surface area contributed by atoms with Gasteiger partial charge in [0, 0.05) is 0 Å². The molecule has 0 saturated heterocycles. The highest BCUT2D eigenvalue weighted by Gasteiger charge is 2.10. The second-order valence-corrected chi connectivity index (χ2v) is 5.77. The number of ether oxygens (including phenoxy) is 1. The quantitative estimate of drug-likeness (QED) is 0.514. The van der Waals surface area contributed by atoms with Crippen LogP contribution in [0, 0.1) is 0 Å². The molecule has 2 aromatic heterocycles. The summed E-state index contributed by atoms with van der Waals surface area (Å²) in [6.45, 7) is 2.55. The smallest absolute Gasteiger partial charge is 0.285 e. The van der Waals surface area contributed by atoms with E-state index < -0.39 is 0 Å². The highest BCUT2D eigenvalue weighted by molar-refractivity contribution is 5.80. The van der Waals surface area contributed by atoms with E-state index in [2.05, 4.69) is 15.2 Å². The summed E-state index contributed by atoms with van der Waals surface area (Å²) in [5.41, 5.74) is 1.92. The third-order valence-corrected chi connectivity index (χ3v) is 3.99. The fourth-order valence-electron chi connectivity index (χ4n) is 2.69. The third-order valence-electron chi connectivity index (χ3n) is 3.99. The van der Waals surface area contributed by atoms with Crippen molar-refractivity contribution in [2.24, 2.45) is 5.10 Å². The molecular weight excluding hydrogens is 342 g/mol. The van der Waals surface area contributed by atoms with Gasteiger partial charge in [0.1, 0.15) is 17.5 Å². The van der Waals surface area contributed by atoms with Gasteiger partial charge in [-0.05, 0) is 48.9 Å². The summed E-state index contributed by atoms with van der Waals surface area (Å²) in [7, 11) is 0. The molecule has 0 fully saturated rings. The molecule has 0 aliphatic rings. The summed E-state index contributed by atoms with van der Waals surface area (Å²) in [5, 5.41) is 8.92. The van der Waals surface area contributed by atoms with E-state index in [1.807, 2.05) is 61.5 Å². The van der Waals surface area contributed by atoms with Gasteiger partial charge in [0.25, 0.3) is 5.56 Å². The normalized spacial score (nSPS) is 11.3. The van der Waals surface area contributed by atoms with Gasteiger partial charge in [0.05, 0.1) is 24.7 Å². The highest BCUT2D eigenvalue weighted by atomic mass is 16.5. The molecule has 0 aliphatic heterocycles. The number of aromatic nitrogens is 4. The Bertz CT molecular complexity index is 1140. The molecule has 4 rings (SSSR count). The topological polar surface area (TPSA) is 74.3 Å². The van der Waals surface area contributed by atoms with Crippen LogP contribution in [0.4, 0.5) is 0 Å². The molecule has 0 bridgehead atoms. The summed E-state index contributed by atoms with van der Waals surface area (Å²) in [4.78, 5) is 17.0. The van der Waals surface area contributed by atoms with E-state index in [1.165, 1.54) is 17.2 Å². The maximum absolute atomic E-state index is 12.7. The van der Waals surface area contributed by atoms with Gasteiger partial charge in [-0.2, -0.15) is 14.9 Å². The summed E-state index contributed by atoms with van der Waals surface area (Å²) in [6.07, 6.45) is 4.52. The number of fused-ring (bicyclic) bond motifs is 1. The van der Waals surface area contributed by atoms with Crippen LogP contribution in [-0.2, 0) is 0 Å². The molecule has 2 heterocycles. The van der Waals surface area contributed by atoms with Crippen molar-refractivity contribution >= 4 is 17.2 Å². The molecule has 7 heteroatoms. The Morgan fingerprint density at radius 3 is 2.63 bits per heavy atom.